The second-order valence-electron chi connectivity index (χ2n) is 3.28. The molecule has 0 N–H and O–H groups in total. The van der Waals surface area contributed by atoms with Crippen molar-refractivity contribution >= 4 is 23.8 Å². The number of esters is 2. The molecule has 0 amide bonds. The molecule has 0 aliphatic rings. The van der Waals surface area contributed by atoms with E-state index in [1.54, 1.807) is 30.3 Å². The van der Waals surface area contributed by atoms with E-state index in [9.17, 15) is 14.4 Å². The monoisotopic (exact) mass is 248 g/mol. The van der Waals surface area contributed by atoms with E-state index in [1.807, 2.05) is 0 Å². The number of benzene rings is 1. The van der Waals surface area contributed by atoms with Gasteiger partial charge >= 0.3 is 11.9 Å². The Morgan fingerprint density at radius 3 is 2.00 bits per heavy atom. The Hall–Kier alpha value is -2.43. The van der Waals surface area contributed by atoms with Gasteiger partial charge in [0, 0.05) is 0 Å². The van der Waals surface area contributed by atoms with Gasteiger partial charge in [-0.25, -0.2) is 9.59 Å². The first-order chi connectivity index (χ1) is 8.60. The molecule has 0 atom stereocenters. The Bertz CT molecular complexity index is 487. The summed E-state index contributed by atoms with van der Waals surface area (Å²) in [7, 11) is 2.20. The molecule has 0 bridgehead atoms. The van der Waals surface area contributed by atoms with Gasteiger partial charge in [-0.1, -0.05) is 30.3 Å². The molecular weight excluding hydrogens is 236 g/mol. The highest BCUT2D eigenvalue weighted by molar-refractivity contribution is 6.47. The van der Waals surface area contributed by atoms with Gasteiger partial charge in [-0.3, -0.25) is 4.79 Å². The van der Waals surface area contributed by atoms with Gasteiger partial charge in [-0.05, 0) is 11.6 Å². The second kappa shape index (κ2) is 6.34. The van der Waals surface area contributed by atoms with Gasteiger partial charge in [-0.15, -0.1) is 0 Å². The van der Waals surface area contributed by atoms with Crippen LogP contribution in [-0.4, -0.2) is 31.9 Å². The highest BCUT2D eigenvalue weighted by atomic mass is 16.5. The lowest BCUT2D eigenvalue weighted by molar-refractivity contribution is -0.151. The van der Waals surface area contributed by atoms with Crippen LogP contribution in [0.1, 0.15) is 5.56 Å². The average molecular weight is 248 g/mol. The first kappa shape index (κ1) is 13.6. The quantitative estimate of drug-likeness (QED) is 0.261. The summed E-state index contributed by atoms with van der Waals surface area (Å²) in [5.74, 6) is -3.02. The van der Waals surface area contributed by atoms with Gasteiger partial charge in [0.2, 0.25) is 0 Å². The molecule has 0 aliphatic carbocycles. The molecule has 0 radical (unpaired) electrons. The highest BCUT2D eigenvalue weighted by Crippen LogP contribution is 2.09. The molecule has 0 unspecified atom stereocenters. The molecule has 0 aromatic heterocycles. The van der Waals surface area contributed by atoms with Crippen LogP contribution in [0.3, 0.4) is 0 Å². The van der Waals surface area contributed by atoms with Gasteiger partial charge in [0.05, 0.1) is 14.2 Å². The van der Waals surface area contributed by atoms with Crippen molar-refractivity contribution in [3.8, 4) is 0 Å². The van der Waals surface area contributed by atoms with Gasteiger partial charge in [0.1, 0.15) is 5.57 Å². The van der Waals surface area contributed by atoms with Crippen molar-refractivity contribution in [3.63, 3.8) is 0 Å². The number of carbonyl (C=O) groups is 3. The molecule has 1 rings (SSSR count). The van der Waals surface area contributed by atoms with Crippen LogP contribution in [0.2, 0.25) is 0 Å². The molecule has 0 spiro atoms. The summed E-state index contributed by atoms with van der Waals surface area (Å²) in [5, 5.41) is 0. The molecule has 18 heavy (non-hydrogen) atoms. The number of hydrogen-bond donors (Lipinski definition) is 0. The van der Waals surface area contributed by atoms with Crippen LogP contribution in [0.4, 0.5) is 0 Å². The zero-order chi connectivity index (χ0) is 13.5. The largest absolute Gasteiger partial charge is 0.465 e. The molecule has 5 nitrogen and oxygen atoms in total. The maximum absolute atomic E-state index is 11.6. The number of rotatable bonds is 4. The van der Waals surface area contributed by atoms with Crippen molar-refractivity contribution in [1.29, 1.82) is 0 Å². The minimum absolute atomic E-state index is 0.365. The summed E-state index contributed by atoms with van der Waals surface area (Å²) in [5.41, 5.74) is 0.241. The van der Waals surface area contributed by atoms with E-state index >= 15 is 0 Å². The van der Waals surface area contributed by atoms with E-state index in [4.69, 9.17) is 0 Å². The van der Waals surface area contributed by atoms with Crippen LogP contribution in [0.15, 0.2) is 35.9 Å². The minimum Gasteiger partial charge on any atom is -0.465 e. The van der Waals surface area contributed by atoms with Crippen molar-refractivity contribution < 1.29 is 23.9 Å². The van der Waals surface area contributed by atoms with Crippen molar-refractivity contribution in [2.24, 2.45) is 0 Å². The zero-order valence-corrected chi connectivity index (χ0v) is 10.0. The summed E-state index contributed by atoms with van der Waals surface area (Å²) < 4.78 is 8.75. The van der Waals surface area contributed by atoms with Crippen molar-refractivity contribution in [3.05, 3.63) is 41.5 Å². The summed E-state index contributed by atoms with van der Waals surface area (Å²) in [6.07, 6.45) is 1.28. The standard InChI is InChI=1S/C13H12O5/c1-17-12(15)10(11(14)13(16)18-2)8-9-6-4-3-5-7-9/h3-8H,1-2H3/b10-8+. The maximum Gasteiger partial charge on any atom is 0.379 e. The number of Topliss-reactive ketones (excluding diaryl/α,β-unsaturated/α-hetero) is 1. The van der Waals surface area contributed by atoms with E-state index < -0.39 is 17.7 Å². The maximum atomic E-state index is 11.6. The second-order valence-corrected chi connectivity index (χ2v) is 3.28. The van der Waals surface area contributed by atoms with E-state index in [0.29, 0.717) is 5.56 Å². The lowest BCUT2D eigenvalue weighted by Crippen LogP contribution is -2.23. The third kappa shape index (κ3) is 3.28. The Kier molecular flexibility index (Phi) is 4.80. The Balaban J connectivity index is 3.14. The third-order valence-electron chi connectivity index (χ3n) is 2.13. The SMILES string of the molecule is COC(=O)C(=O)/C(=C\c1ccccc1)C(=O)OC. The van der Waals surface area contributed by atoms with Crippen molar-refractivity contribution in [2.75, 3.05) is 14.2 Å². The van der Waals surface area contributed by atoms with E-state index in [2.05, 4.69) is 9.47 Å². The van der Waals surface area contributed by atoms with Gasteiger partial charge in [0.15, 0.2) is 0 Å². The van der Waals surface area contributed by atoms with Crippen molar-refractivity contribution in [2.45, 2.75) is 0 Å². The van der Waals surface area contributed by atoms with Gasteiger partial charge in [-0.2, -0.15) is 0 Å². The van der Waals surface area contributed by atoms with Crippen LogP contribution >= 0.6 is 0 Å². The first-order valence-electron chi connectivity index (χ1n) is 5.08. The topological polar surface area (TPSA) is 69.7 Å². The third-order valence-corrected chi connectivity index (χ3v) is 2.13. The lowest BCUT2D eigenvalue weighted by Gasteiger charge is -2.03. The summed E-state index contributed by atoms with van der Waals surface area (Å²) >= 11 is 0. The normalized spacial score (nSPS) is 10.7. The summed E-state index contributed by atoms with van der Waals surface area (Å²) in [4.78, 5) is 34.2. The first-order valence-corrected chi connectivity index (χ1v) is 5.08. The molecule has 0 heterocycles. The van der Waals surface area contributed by atoms with E-state index in [0.717, 1.165) is 14.2 Å². The summed E-state index contributed by atoms with van der Waals surface area (Å²) in [6, 6.07) is 8.64. The smallest absolute Gasteiger partial charge is 0.379 e. The number of ketones is 1. The molecule has 5 heteroatoms. The number of carbonyl (C=O) groups excluding carboxylic acids is 3. The van der Waals surface area contributed by atoms with Gasteiger partial charge < -0.3 is 9.47 Å². The molecule has 94 valence electrons. The predicted octanol–water partition coefficient (Wildman–Crippen LogP) is 0.985. The molecule has 0 saturated heterocycles. The molecule has 1 aromatic carbocycles. The fraction of sp³-hybridized carbons (Fsp3) is 0.154. The molecule has 1 aromatic rings. The van der Waals surface area contributed by atoms with Gasteiger partial charge in [0.25, 0.3) is 5.78 Å². The fourth-order valence-electron chi connectivity index (χ4n) is 1.25. The van der Waals surface area contributed by atoms with Crippen LogP contribution < -0.4 is 0 Å². The Morgan fingerprint density at radius 2 is 1.50 bits per heavy atom. The lowest BCUT2D eigenvalue weighted by atomic mass is 10.1. The molecule has 0 aliphatic heterocycles. The molecular formula is C13H12O5. The fourth-order valence-corrected chi connectivity index (χ4v) is 1.25. The van der Waals surface area contributed by atoms with Crippen LogP contribution in [-0.2, 0) is 23.9 Å². The minimum atomic E-state index is -1.11. The van der Waals surface area contributed by atoms with Crippen molar-refractivity contribution in [1.82, 2.24) is 0 Å². The number of ether oxygens (including phenoxy) is 2. The van der Waals surface area contributed by atoms with E-state index in [1.165, 1.54) is 6.08 Å². The number of hydrogen-bond acceptors (Lipinski definition) is 5. The summed E-state index contributed by atoms with van der Waals surface area (Å²) in [6.45, 7) is 0. The highest BCUT2D eigenvalue weighted by Gasteiger charge is 2.26. The average Bonchev–Trinajstić information content (AvgIpc) is 2.43. The Morgan fingerprint density at radius 1 is 0.944 bits per heavy atom. The predicted molar refractivity (Wildman–Crippen MR) is 63.5 cm³/mol. The Labute approximate surface area is 104 Å². The van der Waals surface area contributed by atoms with Crippen LogP contribution in [0.25, 0.3) is 6.08 Å². The van der Waals surface area contributed by atoms with E-state index in [-0.39, 0.29) is 5.57 Å². The molecule has 0 saturated carbocycles. The van der Waals surface area contributed by atoms with Crippen LogP contribution in [0.5, 0.6) is 0 Å². The van der Waals surface area contributed by atoms with Crippen LogP contribution in [0, 0.1) is 0 Å². The zero-order valence-electron chi connectivity index (χ0n) is 10.0. The molecule has 0 fully saturated rings. The number of methoxy groups -OCH3 is 2.